The Labute approximate surface area is 166 Å². The molecule has 2 radical (unpaired) electrons. The van der Waals surface area contributed by atoms with Gasteiger partial charge < -0.3 is 46.1 Å². The summed E-state index contributed by atoms with van der Waals surface area (Å²) in [7, 11) is 0. The van der Waals surface area contributed by atoms with Gasteiger partial charge in [0, 0.05) is 17.9 Å². The SMILES string of the molecule is CC(=O)[O-].CC(=O)[O-].CC(=O)[O-].[Ce+3].[Ce+3].[OH-].[OH-].[OH-]. The summed E-state index contributed by atoms with van der Waals surface area (Å²) in [5, 5.41) is 26.7. The standard InChI is InChI=1S/3C2H4O2.2Ce.3H2O/c3*1-2(3)4;;;;;/h3*1H3,(H,3,4);;;3*1H2/q;;;2*+3;;;/p-6. The molecule has 0 aromatic rings. The van der Waals surface area contributed by atoms with E-state index in [0.717, 1.165) is 20.8 Å². The summed E-state index contributed by atoms with van der Waals surface area (Å²) in [6.45, 7) is 2.92. The van der Waals surface area contributed by atoms with E-state index in [1.165, 1.54) is 0 Å². The molecule has 0 aromatic carbocycles. The molecule has 0 fully saturated rings. The number of aliphatic carboxylic acids is 3. The fourth-order valence-corrected chi connectivity index (χ4v) is 0. The third-order valence-electron chi connectivity index (χ3n) is 0. The summed E-state index contributed by atoms with van der Waals surface area (Å²) < 4.78 is 0. The fraction of sp³-hybridized carbons (Fsp3) is 0.500. The normalized spacial score (nSPS) is 4.41. The minimum absolute atomic E-state index is 0. The van der Waals surface area contributed by atoms with Gasteiger partial charge in [0.15, 0.2) is 0 Å². The van der Waals surface area contributed by atoms with E-state index in [0.29, 0.717) is 0 Å². The van der Waals surface area contributed by atoms with Gasteiger partial charge in [0.25, 0.3) is 0 Å². The zero-order valence-corrected chi connectivity index (χ0v) is 15.6. The van der Waals surface area contributed by atoms with Crippen molar-refractivity contribution in [2.24, 2.45) is 0 Å². The molecule has 0 unspecified atom stereocenters. The van der Waals surface area contributed by atoms with Crippen LogP contribution in [0.3, 0.4) is 0 Å². The Hall–Kier alpha value is 1.04. The average molecular weight is 508 g/mol. The van der Waals surface area contributed by atoms with Crippen molar-refractivity contribution in [1.29, 1.82) is 0 Å². The van der Waals surface area contributed by atoms with Gasteiger partial charge in [-0.2, -0.15) is 0 Å². The molecule has 98 valence electrons. The van der Waals surface area contributed by atoms with Crippen molar-refractivity contribution < 1.29 is 130 Å². The molecule has 11 heteroatoms. The summed E-state index contributed by atoms with van der Waals surface area (Å²) in [5.41, 5.74) is 0. The van der Waals surface area contributed by atoms with Crippen LogP contribution in [0.25, 0.3) is 0 Å². The van der Waals surface area contributed by atoms with Crippen molar-refractivity contribution in [2.75, 3.05) is 0 Å². The molecule has 0 rings (SSSR count). The summed E-state index contributed by atoms with van der Waals surface area (Å²) in [5.74, 6) is -3.25. The maximum Gasteiger partial charge on any atom is 3.00 e. The first kappa shape index (κ1) is 52.0. The molecule has 0 aromatic heterocycles. The van der Waals surface area contributed by atoms with Crippen molar-refractivity contribution in [3.63, 3.8) is 0 Å². The minimum atomic E-state index is -1.08. The van der Waals surface area contributed by atoms with E-state index in [4.69, 9.17) is 29.7 Å². The van der Waals surface area contributed by atoms with Gasteiger partial charge in [-0.25, -0.2) is 0 Å². The molecule has 3 N–H and O–H groups in total. The Bertz CT molecular complexity index is 121. The van der Waals surface area contributed by atoms with E-state index in [9.17, 15) is 0 Å². The molecular formula is C6H12Ce2O9. The van der Waals surface area contributed by atoms with Crippen molar-refractivity contribution in [2.45, 2.75) is 20.8 Å². The minimum Gasteiger partial charge on any atom is -0.870 e. The van der Waals surface area contributed by atoms with Crippen molar-refractivity contribution in [3.8, 4) is 0 Å². The number of carbonyl (C=O) groups is 3. The van der Waals surface area contributed by atoms with Crippen molar-refractivity contribution in [1.82, 2.24) is 0 Å². The summed E-state index contributed by atoms with van der Waals surface area (Å²) in [6.07, 6.45) is 0. The molecule has 0 heterocycles. The summed E-state index contributed by atoms with van der Waals surface area (Å²) >= 11 is 0. The Morgan fingerprint density at radius 1 is 0.588 bits per heavy atom. The maximum absolute atomic E-state index is 8.89. The molecule has 0 bridgehead atoms. The second-order valence-corrected chi connectivity index (χ2v) is 1.47. The molecule has 0 saturated heterocycles. The monoisotopic (exact) mass is 508 g/mol. The van der Waals surface area contributed by atoms with Crippen LogP contribution in [-0.2, 0) is 14.4 Å². The number of carboxylic acids is 3. The van der Waals surface area contributed by atoms with Crippen LogP contribution in [0.5, 0.6) is 0 Å². The third-order valence-corrected chi connectivity index (χ3v) is 0. The fourth-order valence-electron chi connectivity index (χ4n) is 0. The van der Waals surface area contributed by atoms with Crippen LogP contribution in [0.1, 0.15) is 20.8 Å². The molecular weight excluding hydrogens is 496 g/mol. The van der Waals surface area contributed by atoms with Gasteiger partial charge in [-0.05, 0) is 20.8 Å². The van der Waals surface area contributed by atoms with Crippen LogP contribution < -0.4 is 15.3 Å². The molecule has 17 heavy (non-hydrogen) atoms. The number of hydrogen-bond acceptors (Lipinski definition) is 9. The molecule has 0 aliphatic heterocycles. The van der Waals surface area contributed by atoms with Crippen molar-refractivity contribution >= 4 is 17.9 Å². The van der Waals surface area contributed by atoms with Crippen LogP contribution >= 0.6 is 0 Å². The van der Waals surface area contributed by atoms with Gasteiger partial charge in [0.1, 0.15) is 0 Å². The first-order valence-electron chi connectivity index (χ1n) is 2.72. The van der Waals surface area contributed by atoms with Crippen LogP contribution in [0, 0.1) is 83.5 Å². The molecule has 0 aliphatic rings. The first-order chi connectivity index (χ1) is 5.20. The zero-order chi connectivity index (χ0) is 10.7. The topological polar surface area (TPSA) is 210 Å². The Morgan fingerprint density at radius 3 is 0.588 bits per heavy atom. The number of carboxylic acid groups (broad SMARTS) is 3. The van der Waals surface area contributed by atoms with Gasteiger partial charge in [0.2, 0.25) is 0 Å². The van der Waals surface area contributed by atoms with Crippen LogP contribution in [0.2, 0.25) is 0 Å². The number of carbonyl (C=O) groups excluding carboxylic acids is 3. The zero-order valence-electron chi connectivity index (χ0n) is 9.29. The number of hydrogen-bond donors (Lipinski definition) is 0. The van der Waals surface area contributed by atoms with E-state index in [1.54, 1.807) is 0 Å². The van der Waals surface area contributed by atoms with E-state index < -0.39 is 17.9 Å². The Morgan fingerprint density at radius 2 is 0.588 bits per heavy atom. The van der Waals surface area contributed by atoms with E-state index in [1.807, 2.05) is 0 Å². The van der Waals surface area contributed by atoms with Crippen LogP contribution in [-0.4, -0.2) is 34.3 Å². The Kier molecular flexibility index (Phi) is 133. The van der Waals surface area contributed by atoms with Crippen LogP contribution in [0.15, 0.2) is 0 Å². The van der Waals surface area contributed by atoms with Crippen molar-refractivity contribution in [3.05, 3.63) is 0 Å². The van der Waals surface area contributed by atoms with Gasteiger partial charge in [-0.1, -0.05) is 0 Å². The van der Waals surface area contributed by atoms with E-state index in [2.05, 4.69) is 0 Å². The van der Waals surface area contributed by atoms with E-state index >= 15 is 0 Å². The predicted octanol–water partition coefficient (Wildman–Crippen LogP) is -4.26. The second kappa shape index (κ2) is 43.5. The van der Waals surface area contributed by atoms with Gasteiger partial charge >= 0.3 is 83.5 Å². The molecule has 0 saturated carbocycles. The maximum atomic E-state index is 8.89. The third kappa shape index (κ3) is 3540. The van der Waals surface area contributed by atoms with Gasteiger partial charge in [-0.15, -0.1) is 0 Å². The predicted molar refractivity (Wildman–Crippen MR) is 37.9 cm³/mol. The average Bonchev–Trinajstić information content (AvgIpc) is 1.54. The van der Waals surface area contributed by atoms with Crippen LogP contribution in [0.4, 0.5) is 0 Å². The molecule has 0 atom stereocenters. The van der Waals surface area contributed by atoms with Gasteiger partial charge in [0.05, 0.1) is 0 Å². The number of rotatable bonds is 0. The summed E-state index contributed by atoms with van der Waals surface area (Å²) in [6, 6.07) is 0. The molecule has 9 nitrogen and oxygen atoms in total. The van der Waals surface area contributed by atoms with Gasteiger partial charge in [-0.3, -0.25) is 0 Å². The summed E-state index contributed by atoms with van der Waals surface area (Å²) in [4.78, 5) is 26.7. The Balaban J connectivity index is -0.0000000104. The molecule has 0 amide bonds. The van der Waals surface area contributed by atoms with E-state index in [-0.39, 0.29) is 99.9 Å². The first-order valence-corrected chi connectivity index (χ1v) is 2.72. The smallest absolute Gasteiger partial charge is 0.870 e. The molecule has 0 spiro atoms. The second-order valence-electron chi connectivity index (χ2n) is 1.47. The molecule has 0 aliphatic carbocycles. The largest absolute Gasteiger partial charge is 3.00 e. The quantitative estimate of drug-likeness (QED) is 0.309.